The molecule has 1 aliphatic rings. The van der Waals surface area contributed by atoms with Gasteiger partial charge in [-0.2, -0.15) is 0 Å². The second kappa shape index (κ2) is 8.35. The van der Waals surface area contributed by atoms with Crippen LogP contribution in [0.5, 0.6) is 0 Å². The third kappa shape index (κ3) is 4.55. The molecule has 2 rings (SSSR count). The Morgan fingerprint density at radius 2 is 2.00 bits per heavy atom. The Labute approximate surface area is 127 Å². The molecule has 1 aromatic rings. The van der Waals surface area contributed by atoms with Crippen molar-refractivity contribution in [2.45, 2.75) is 44.8 Å². The van der Waals surface area contributed by atoms with Gasteiger partial charge in [-0.3, -0.25) is 4.99 Å². The van der Waals surface area contributed by atoms with Gasteiger partial charge in [0, 0.05) is 11.8 Å². The third-order valence-corrected chi connectivity index (χ3v) is 5.35. The van der Waals surface area contributed by atoms with E-state index in [0.717, 1.165) is 30.6 Å². The van der Waals surface area contributed by atoms with E-state index in [-0.39, 0.29) is 0 Å². The summed E-state index contributed by atoms with van der Waals surface area (Å²) in [6, 6.07) is 10.7. The lowest BCUT2D eigenvalue weighted by Gasteiger charge is -2.18. The molecule has 0 saturated heterocycles. The van der Waals surface area contributed by atoms with Crippen molar-refractivity contribution >= 4 is 16.9 Å². The number of nitrogens with zero attached hydrogens (tertiary/aromatic N) is 1. The standard InChI is InChI=1S/C17H26N2S/c1-3-15(4-2)16-13-19-17(20-16)18-12-8-11-14-9-6-5-7-10-14/h5-7,9-10,15-16H,3-4,8,11-13H2,1-2H3,(H,18,19). The number of hydrogen-bond donors (Lipinski definition) is 1. The average Bonchev–Trinajstić information content (AvgIpc) is 2.95. The molecule has 0 bridgehead atoms. The zero-order valence-electron chi connectivity index (χ0n) is 12.6. The van der Waals surface area contributed by atoms with Gasteiger partial charge in [-0.15, -0.1) is 0 Å². The zero-order valence-corrected chi connectivity index (χ0v) is 13.5. The van der Waals surface area contributed by atoms with Crippen molar-refractivity contribution in [2.24, 2.45) is 10.9 Å². The fourth-order valence-corrected chi connectivity index (χ4v) is 4.03. The molecule has 1 N–H and O–H groups in total. The molecule has 0 saturated carbocycles. The Balaban J connectivity index is 1.64. The summed E-state index contributed by atoms with van der Waals surface area (Å²) in [5, 5.41) is 5.36. The first-order chi connectivity index (χ1) is 9.83. The van der Waals surface area contributed by atoms with E-state index in [0.29, 0.717) is 5.25 Å². The predicted octanol–water partition coefficient (Wildman–Crippen LogP) is 4.12. The zero-order chi connectivity index (χ0) is 14.2. The molecule has 1 aliphatic heterocycles. The molecule has 0 spiro atoms. The molecule has 1 heterocycles. The third-order valence-electron chi connectivity index (χ3n) is 4.01. The topological polar surface area (TPSA) is 24.4 Å². The van der Waals surface area contributed by atoms with Crippen LogP contribution in [0.1, 0.15) is 38.7 Å². The smallest absolute Gasteiger partial charge is 0.156 e. The van der Waals surface area contributed by atoms with Crippen LogP contribution in [0, 0.1) is 5.92 Å². The number of hydrogen-bond acceptors (Lipinski definition) is 3. The Hall–Kier alpha value is -0.960. The monoisotopic (exact) mass is 290 g/mol. The van der Waals surface area contributed by atoms with Gasteiger partial charge in [-0.25, -0.2) is 0 Å². The normalized spacial score (nSPS) is 18.4. The Morgan fingerprint density at radius 1 is 1.25 bits per heavy atom. The summed E-state index contributed by atoms with van der Waals surface area (Å²) in [7, 11) is 0. The fraction of sp³-hybridized carbons (Fsp3) is 0.588. The summed E-state index contributed by atoms with van der Waals surface area (Å²) in [5.74, 6) is 0.812. The summed E-state index contributed by atoms with van der Waals surface area (Å²) in [5.41, 5.74) is 1.42. The van der Waals surface area contributed by atoms with Crippen molar-refractivity contribution in [2.75, 3.05) is 13.1 Å². The van der Waals surface area contributed by atoms with Crippen molar-refractivity contribution in [1.82, 2.24) is 5.32 Å². The van der Waals surface area contributed by atoms with Crippen molar-refractivity contribution < 1.29 is 0 Å². The van der Waals surface area contributed by atoms with Gasteiger partial charge in [-0.1, -0.05) is 68.8 Å². The first-order valence-corrected chi connectivity index (χ1v) is 8.70. The summed E-state index contributed by atoms with van der Waals surface area (Å²) in [6.45, 7) is 6.61. The van der Waals surface area contributed by atoms with E-state index < -0.39 is 0 Å². The van der Waals surface area contributed by atoms with Gasteiger partial charge in [0.1, 0.15) is 0 Å². The minimum Gasteiger partial charge on any atom is -0.365 e. The lowest BCUT2D eigenvalue weighted by atomic mass is 9.99. The number of benzene rings is 1. The lowest BCUT2D eigenvalue weighted by molar-refractivity contribution is 0.479. The fourth-order valence-electron chi connectivity index (χ4n) is 2.68. The molecule has 20 heavy (non-hydrogen) atoms. The number of amidine groups is 1. The molecular formula is C17H26N2S. The largest absolute Gasteiger partial charge is 0.365 e. The highest BCUT2D eigenvalue weighted by atomic mass is 32.2. The first kappa shape index (κ1) is 15.4. The van der Waals surface area contributed by atoms with Crippen LogP contribution in [-0.4, -0.2) is 23.5 Å². The number of rotatable bonds is 7. The molecule has 0 amide bonds. The molecule has 1 unspecified atom stereocenters. The molecule has 3 heteroatoms. The van der Waals surface area contributed by atoms with Crippen LogP contribution in [0.4, 0.5) is 0 Å². The molecule has 110 valence electrons. The highest BCUT2D eigenvalue weighted by Crippen LogP contribution is 2.30. The van der Waals surface area contributed by atoms with E-state index in [2.05, 4.69) is 54.5 Å². The number of aryl methyl sites for hydroxylation is 1. The predicted molar refractivity (Wildman–Crippen MR) is 90.5 cm³/mol. The van der Waals surface area contributed by atoms with Crippen molar-refractivity contribution in [1.29, 1.82) is 0 Å². The summed E-state index contributed by atoms with van der Waals surface area (Å²) in [6.07, 6.45) is 4.84. The minimum absolute atomic E-state index is 0.696. The molecule has 0 radical (unpaired) electrons. The van der Waals surface area contributed by atoms with Crippen LogP contribution in [0.15, 0.2) is 35.3 Å². The van der Waals surface area contributed by atoms with Gasteiger partial charge in [0.05, 0.1) is 6.54 Å². The van der Waals surface area contributed by atoms with E-state index in [1.807, 2.05) is 11.8 Å². The van der Waals surface area contributed by atoms with Gasteiger partial charge < -0.3 is 5.32 Å². The second-order valence-corrected chi connectivity index (χ2v) is 6.62. The van der Waals surface area contributed by atoms with Crippen molar-refractivity contribution in [3.8, 4) is 0 Å². The molecule has 0 fully saturated rings. The van der Waals surface area contributed by atoms with Crippen LogP contribution >= 0.6 is 11.8 Å². The van der Waals surface area contributed by atoms with E-state index >= 15 is 0 Å². The number of aliphatic imine (C=N–C) groups is 1. The highest BCUT2D eigenvalue weighted by Gasteiger charge is 2.25. The Kier molecular flexibility index (Phi) is 6.44. The maximum atomic E-state index is 4.65. The van der Waals surface area contributed by atoms with Crippen LogP contribution in [0.2, 0.25) is 0 Å². The first-order valence-electron chi connectivity index (χ1n) is 7.82. The van der Waals surface area contributed by atoms with Crippen LogP contribution in [0.25, 0.3) is 0 Å². The molecule has 1 aromatic carbocycles. The van der Waals surface area contributed by atoms with Crippen LogP contribution in [0.3, 0.4) is 0 Å². The SMILES string of the molecule is CCC(CC)C1CN=C(NCCCc2ccccc2)S1. The van der Waals surface area contributed by atoms with E-state index in [4.69, 9.17) is 0 Å². The van der Waals surface area contributed by atoms with Crippen molar-refractivity contribution in [3.63, 3.8) is 0 Å². The van der Waals surface area contributed by atoms with Gasteiger partial charge in [-0.05, 0) is 24.3 Å². The van der Waals surface area contributed by atoms with Gasteiger partial charge in [0.15, 0.2) is 5.17 Å². The van der Waals surface area contributed by atoms with E-state index in [1.165, 1.54) is 24.8 Å². The van der Waals surface area contributed by atoms with Gasteiger partial charge in [0.2, 0.25) is 0 Å². The Morgan fingerprint density at radius 3 is 2.70 bits per heavy atom. The maximum Gasteiger partial charge on any atom is 0.156 e. The maximum absolute atomic E-state index is 4.65. The average molecular weight is 290 g/mol. The molecule has 2 nitrogen and oxygen atoms in total. The molecular weight excluding hydrogens is 264 g/mol. The Bertz CT molecular complexity index is 412. The summed E-state index contributed by atoms with van der Waals surface area (Å²) in [4.78, 5) is 4.65. The molecule has 0 aromatic heterocycles. The van der Waals surface area contributed by atoms with Gasteiger partial charge in [0.25, 0.3) is 0 Å². The molecule has 1 atom stereocenters. The van der Waals surface area contributed by atoms with Crippen LogP contribution < -0.4 is 5.32 Å². The van der Waals surface area contributed by atoms with Crippen LogP contribution in [-0.2, 0) is 6.42 Å². The second-order valence-electron chi connectivity index (χ2n) is 5.39. The quantitative estimate of drug-likeness (QED) is 0.764. The van der Waals surface area contributed by atoms with Gasteiger partial charge >= 0.3 is 0 Å². The lowest BCUT2D eigenvalue weighted by Crippen LogP contribution is -2.22. The van der Waals surface area contributed by atoms with E-state index in [1.54, 1.807) is 0 Å². The minimum atomic E-state index is 0.696. The number of thioether (sulfide) groups is 1. The van der Waals surface area contributed by atoms with E-state index in [9.17, 15) is 0 Å². The van der Waals surface area contributed by atoms with Crippen molar-refractivity contribution in [3.05, 3.63) is 35.9 Å². The summed E-state index contributed by atoms with van der Waals surface area (Å²) >= 11 is 1.95. The summed E-state index contributed by atoms with van der Waals surface area (Å²) < 4.78 is 0. The highest BCUT2D eigenvalue weighted by molar-refractivity contribution is 8.14. The number of nitrogens with one attached hydrogen (secondary N) is 1. The molecule has 0 aliphatic carbocycles.